The molecule has 2 aromatic heterocycles. The van der Waals surface area contributed by atoms with Gasteiger partial charge in [0.05, 0.1) is 24.5 Å². The third-order valence-corrected chi connectivity index (χ3v) is 5.19. The Bertz CT molecular complexity index is 949. The van der Waals surface area contributed by atoms with Crippen LogP contribution in [0.3, 0.4) is 0 Å². The van der Waals surface area contributed by atoms with Crippen LogP contribution in [0.15, 0.2) is 30.5 Å². The summed E-state index contributed by atoms with van der Waals surface area (Å²) in [7, 11) is 0. The first-order valence-electron chi connectivity index (χ1n) is 10.1. The molecule has 0 saturated heterocycles. The zero-order chi connectivity index (χ0) is 20.4. The number of nitrogens with zero attached hydrogens (tertiary/aromatic N) is 4. The van der Waals surface area contributed by atoms with Gasteiger partial charge in [0.25, 0.3) is 0 Å². The second-order valence-electron chi connectivity index (χ2n) is 8.09. The van der Waals surface area contributed by atoms with E-state index in [9.17, 15) is 4.79 Å². The number of amides is 1. The lowest BCUT2D eigenvalue weighted by molar-refractivity contribution is -0.122. The minimum atomic E-state index is -0.0169. The minimum absolute atomic E-state index is 0.0169. The number of rotatable bonds is 7. The molecule has 1 amide bonds. The largest absolute Gasteiger partial charge is 0.350 e. The molecule has 0 spiro atoms. The van der Waals surface area contributed by atoms with Gasteiger partial charge in [-0.05, 0) is 44.7 Å². The third-order valence-electron chi connectivity index (χ3n) is 5.19. The Balaban J connectivity index is 1.62. The Hall–Kier alpha value is -2.63. The van der Waals surface area contributed by atoms with Crippen LogP contribution in [0.5, 0.6) is 0 Å². The molecule has 1 aromatic carbocycles. The van der Waals surface area contributed by atoms with E-state index >= 15 is 0 Å². The quantitative estimate of drug-likeness (QED) is 0.655. The second-order valence-corrected chi connectivity index (χ2v) is 8.09. The van der Waals surface area contributed by atoms with Gasteiger partial charge in [0.15, 0.2) is 0 Å². The molecule has 0 aliphatic heterocycles. The normalized spacial score (nSPS) is 12.9. The van der Waals surface area contributed by atoms with E-state index in [4.69, 9.17) is 0 Å². The lowest BCUT2D eigenvalue weighted by atomic mass is 9.99. The van der Waals surface area contributed by atoms with Crippen LogP contribution in [0.25, 0.3) is 11.0 Å². The molecular formula is C22H31N5O. The van der Waals surface area contributed by atoms with E-state index in [1.54, 1.807) is 0 Å². The summed E-state index contributed by atoms with van der Waals surface area (Å²) in [5, 5.41) is 12.2. The average Bonchev–Trinajstić information content (AvgIpc) is 3.21. The Morgan fingerprint density at radius 1 is 1.07 bits per heavy atom. The first kappa shape index (κ1) is 20.1. The zero-order valence-corrected chi connectivity index (χ0v) is 17.7. The topological polar surface area (TPSA) is 64.7 Å². The highest BCUT2D eigenvalue weighted by molar-refractivity contribution is 5.79. The Morgan fingerprint density at radius 3 is 2.32 bits per heavy atom. The van der Waals surface area contributed by atoms with E-state index in [0.29, 0.717) is 18.9 Å². The molecule has 150 valence electrons. The number of aryl methyl sites for hydroxylation is 2. The van der Waals surface area contributed by atoms with E-state index in [1.165, 1.54) is 5.56 Å². The van der Waals surface area contributed by atoms with Crippen molar-refractivity contribution in [2.24, 2.45) is 0 Å². The van der Waals surface area contributed by atoms with Crippen LogP contribution >= 0.6 is 0 Å². The number of nitrogens with one attached hydrogen (secondary N) is 1. The molecule has 0 fully saturated rings. The van der Waals surface area contributed by atoms with Crippen molar-refractivity contribution >= 4 is 16.9 Å². The number of hydrogen-bond acceptors (Lipinski definition) is 3. The first-order valence-corrected chi connectivity index (χ1v) is 10.1. The van der Waals surface area contributed by atoms with Crippen molar-refractivity contribution < 1.29 is 4.79 Å². The molecule has 3 aromatic rings. The lowest BCUT2D eigenvalue weighted by Gasteiger charge is -2.15. The molecule has 0 aliphatic carbocycles. The van der Waals surface area contributed by atoms with Gasteiger partial charge < -0.3 is 5.32 Å². The molecule has 1 N–H and O–H groups in total. The van der Waals surface area contributed by atoms with Gasteiger partial charge in [0.2, 0.25) is 5.91 Å². The maximum absolute atomic E-state index is 12.5. The van der Waals surface area contributed by atoms with Crippen molar-refractivity contribution in [2.45, 2.75) is 72.5 Å². The molecule has 0 saturated carbocycles. The summed E-state index contributed by atoms with van der Waals surface area (Å²) in [6, 6.07) is 8.73. The highest BCUT2D eigenvalue weighted by Gasteiger charge is 2.16. The van der Waals surface area contributed by atoms with Crippen LogP contribution in [0.4, 0.5) is 0 Å². The molecule has 3 rings (SSSR count). The predicted octanol–water partition coefficient (Wildman–Crippen LogP) is 4.51. The summed E-state index contributed by atoms with van der Waals surface area (Å²) >= 11 is 0. The number of hydrogen-bond donors (Lipinski definition) is 1. The number of aromatic nitrogens is 4. The zero-order valence-electron chi connectivity index (χ0n) is 17.7. The second kappa shape index (κ2) is 8.17. The molecule has 28 heavy (non-hydrogen) atoms. The summed E-state index contributed by atoms with van der Waals surface area (Å²) in [5.41, 5.74) is 5.40. The Kier molecular flexibility index (Phi) is 5.87. The van der Waals surface area contributed by atoms with Gasteiger partial charge in [0, 0.05) is 12.5 Å². The van der Waals surface area contributed by atoms with Crippen molar-refractivity contribution in [1.29, 1.82) is 0 Å². The Morgan fingerprint density at radius 2 is 1.71 bits per heavy atom. The summed E-state index contributed by atoms with van der Waals surface area (Å²) in [5.74, 6) is 0.534. The lowest BCUT2D eigenvalue weighted by Crippen LogP contribution is -2.27. The average molecular weight is 382 g/mol. The fourth-order valence-corrected chi connectivity index (χ4v) is 3.52. The van der Waals surface area contributed by atoms with E-state index in [-0.39, 0.29) is 18.0 Å². The molecule has 0 bridgehead atoms. The van der Waals surface area contributed by atoms with E-state index in [0.717, 1.165) is 22.3 Å². The van der Waals surface area contributed by atoms with Gasteiger partial charge in [0.1, 0.15) is 11.0 Å². The standard InChI is InChI=1S/C22H31N5O/c1-14(2)18-7-9-19(10-8-18)16(5)24-21(28)11-12-26-22-17(6)25-27(15(3)4)20(22)13-23-26/h7-10,13-16H,11-12H2,1-6H3,(H,24,28). The van der Waals surface area contributed by atoms with Crippen molar-refractivity contribution in [3.05, 3.63) is 47.3 Å². The maximum Gasteiger partial charge on any atom is 0.222 e. The summed E-state index contributed by atoms with van der Waals surface area (Å²) < 4.78 is 3.87. The number of benzene rings is 1. The van der Waals surface area contributed by atoms with Gasteiger partial charge in [-0.2, -0.15) is 10.2 Å². The van der Waals surface area contributed by atoms with Crippen LogP contribution in [0, 0.1) is 6.92 Å². The van der Waals surface area contributed by atoms with Crippen LogP contribution in [-0.2, 0) is 11.3 Å². The number of carbonyl (C=O) groups is 1. The highest BCUT2D eigenvalue weighted by Crippen LogP contribution is 2.22. The first-order chi connectivity index (χ1) is 13.3. The molecular weight excluding hydrogens is 350 g/mol. The summed E-state index contributed by atoms with van der Waals surface area (Å²) in [6.45, 7) is 13.1. The van der Waals surface area contributed by atoms with Crippen molar-refractivity contribution in [3.8, 4) is 0 Å². The number of carbonyl (C=O) groups excluding carboxylic acids is 1. The maximum atomic E-state index is 12.5. The Labute approximate surface area is 166 Å². The van der Waals surface area contributed by atoms with Gasteiger partial charge in [-0.25, -0.2) is 0 Å². The van der Waals surface area contributed by atoms with Crippen molar-refractivity contribution in [2.75, 3.05) is 0 Å². The highest BCUT2D eigenvalue weighted by atomic mass is 16.1. The fourth-order valence-electron chi connectivity index (χ4n) is 3.52. The molecule has 6 nitrogen and oxygen atoms in total. The van der Waals surface area contributed by atoms with Gasteiger partial charge in [-0.1, -0.05) is 38.1 Å². The van der Waals surface area contributed by atoms with E-state index < -0.39 is 0 Å². The van der Waals surface area contributed by atoms with Crippen LogP contribution in [0.2, 0.25) is 0 Å². The van der Waals surface area contributed by atoms with E-state index in [1.807, 2.05) is 29.4 Å². The number of fused-ring (bicyclic) bond motifs is 1. The fraction of sp³-hybridized carbons (Fsp3) is 0.500. The molecule has 0 aliphatic rings. The van der Waals surface area contributed by atoms with Crippen molar-refractivity contribution in [3.63, 3.8) is 0 Å². The van der Waals surface area contributed by atoms with Gasteiger partial charge in [-0.15, -0.1) is 0 Å². The SMILES string of the molecule is Cc1nn(C(C)C)c2cnn(CCC(=O)NC(C)c3ccc(C(C)C)cc3)c12. The van der Waals surface area contributed by atoms with Crippen LogP contribution < -0.4 is 5.32 Å². The van der Waals surface area contributed by atoms with E-state index in [2.05, 4.69) is 67.5 Å². The van der Waals surface area contributed by atoms with Gasteiger partial charge in [-0.3, -0.25) is 14.2 Å². The minimum Gasteiger partial charge on any atom is -0.350 e. The van der Waals surface area contributed by atoms with Crippen LogP contribution in [-0.4, -0.2) is 25.5 Å². The van der Waals surface area contributed by atoms with Crippen LogP contribution in [0.1, 0.15) is 75.9 Å². The summed E-state index contributed by atoms with van der Waals surface area (Å²) in [4.78, 5) is 12.5. The molecule has 0 radical (unpaired) electrons. The smallest absolute Gasteiger partial charge is 0.222 e. The summed E-state index contributed by atoms with van der Waals surface area (Å²) in [6.07, 6.45) is 2.23. The monoisotopic (exact) mass is 381 g/mol. The van der Waals surface area contributed by atoms with Gasteiger partial charge >= 0.3 is 0 Å². The molecule has 6 heteroatoms. The molecule has 1 atom stereocenters. The third kappa shape index (κ3) is 4.11. The molecule has 2 heterocycles. The van der Waals surface area contributed by atoms with Crippen molar-refractivity contribution in [1.82, 2.24) is 24.9 Å². The predicted molar refractivity (Wildman–Crippen MR) is 112 cm³/mol. The molecule has 1 unspecified atom stereocenters.